The molecule has 9 nitrogen and oxygen atoms in total. The summed E-state index contributed by atoms with van der Waals surface area (Å²) in [7, 11) is 0. The highest BCUT2D eigenvalue weighted by molar-refractivity contribution is 6.36. The predicted octanol–water partition coefficient (Wildman–Crippen LogP) is 4.46. The summed E-state index contributed by atoms with van der Waals surface area (Å²) in [5.41, 5.74) is 4.64. The first-order valence-corrected chi connectivity index (χ1v) is 12.6. The number of ketones is 1. The van der Waals surface area contributed by atoms with E-state index in [2.05, 4.69) is 20.9 Å². The smallest absolute Gasteiger partial charge is 0.310 e. The molecule has 0 aliphatic carbocycles. The molecule has 2 N–H and O–H groups in total. The van der Waals surface area contributed by atoms with Crippen molar-refractivity contribution >= 4 is 17.6 Å². The van der Waals surface area contributed by atoms with Gasteiger partial charge in [-0.1, -0.05) is 81.4 Å². The number of amides is 2. The summed E-state index contributed by atoms with van der Waals surface area (Å²) < 4.78 is 1.54. The molecule has 200 valence electrons. The molecular weight excluding hydrogens is 494 g/mol. The summed E-state index contributed by atoms with van der Waals surface area (Å²) in [6.07, 6.45) is 3.06. The number of hydrogen-bond donors (Lipinski definition) is 2. The Morgan fingerprint density at radius 1 is 0.923 bits per heavy atom. The van der Waals surface area contributed by atoms with E-state index in [4.69, 9.17) is 4.84 Å². The van der Waals surface area contributed by atoms with Gasteiger partial charge in [0.05, 0.1) is 23.9 Å². The van der Waals surface area contributed by atoms with E-state index in [-0.39, 0.29) is 24.0 Å². The first-order chi connectivity index (χ1) is 18.7. The fourth-order valence-electron chi connectivity index (χ4n) is 3.79. The Balaban J connectivity index is 1.53. The second-order valence-corrected chi connectivity index (χ2v) is 10.2. The van der Waals surface area contributed by atoms with Crippen molar-refractivity contribution in [3.63, 3.8) is 0 Å². The van der Waals surface area contributed by atoms with Crippen LogP contribution in [-0.4, -0.2) is 39.0 Å². The van der Waals surface area contributed by atoms with Crippen molar-refractivity contribution in [1.82, 2.24) is 25.6 Å². The van der Waals surface area contributed by atoms with Crippen LogP contribution in [0.15, 0.2) is 91.3 Å². The zero-order valence-electron chi connectivity index (χ0n) is 22.1. The van der Waals surface area contributed by atoms with Crippen molar-refractivity contribution in [2.24, 2.45) is 5.41 Å². The van der Waals surface area contributed by atoms with Gasteiger partial charge < -0.3 is 5.32 Å². The Kier molecular flexibility index (Phi) is 8.63. The largest absolute Gasteiger partial charge is 0.345 e. The molecule has 1 atom stereocenters. The number of hydrogen-bond acceptors (Lipinski definition) is 6. The van der Waals surface area contributed by atoms with E-state index in [9.17, 15) is 14.4 Å². The highest BCUT2D eigenvalue weighted by atomic mass is 16.7. The van der Waals surface area contributed by atoms with Crippen molar-refractivity contribution in [2.45, 2.75) is 33.2 Å². The average Bonchev–Trinajstić information content (AvgIpc) is 3.43. The summed E-state index contributed by atoms with van der Waals surface area (Å²) in [5, 5.41) is 7.50. The fraction of sp³-hybridized carbons (Fsp3) is 0.233. The van der Waals surface area contributed by atoms with Crippen LogP contribution < -0.4 is 10.8 Å². The summed E-state index contributed by atoms with van der Waals surface area (Å²) >= 11 is 0. The second-order valence-electron chi connectivity index (χ2n) is 10.2. The van der Waals surface area contributed by atoms with Crippen LogP contribution in [0.5, 0.6) is 0 Å². The maximum absolute atomic E-state index is 13.5. The zero-order valence-corrected chi connectivity index (χ0v) is 22.1. The molecule has 1 unspecified atom stereocenters. The lowest BCUT2D eigenvalue weighted by atomic mass is 9.99. The Morgan fingerprint density at radius 3 is 2.31 bits per heavy atom. The molecule has 39 heavy (non-hydrogen) atoms. The van der Waals surface area contributed by atoms with Crippen LogP contribution in [0.25, 0.3) is 17.1 Å². The van der Waals surface area contributed by atoms with Gasteiger partial charge in [-0.05, 0) is 29.2 Å². The number of nitrogens with zero attached hydrogens (tertiary/aromatic N) is 3. The Hall–Kier alpha value is -4.63. The van der Waals surface area contributed by atoms with E-state index >= 15 is 0 Å². The molecule has 0 fully saturated rings. The molecule has 2 aromatic carbocycles. The van der Waals surface area contributed by atoms with Gasteiger partial charge in [0.25, 0.3) is 5.91 Å². The molecule has 4 aromatic rings. The van der Waals surface area contributed by atoms with Crippen LogP contribution in [0.2, 0.25) is 0 Å². The van der Waals surface area contributed by atoms with E-state index in [0.29, 0.717) is 11.4 Å². The number of pyridine rings is 1. The fourth-order valence-corrected chi connectivity index (χ4v) is 3.79. The monoisotopic (exact) mass is 525 g/mol. The maximum Gasteiger partial charge on any atom is 0.310 e. The topological polar surface area (TPSA) is 115 Å². The van der Waals surface area contributed by atoms with Gasteiger partial charge >= 0.3 is 5.91 Å². The number of carbonyl (C=O) groups is 3. The molecule has 9 heteroatoms. The van der Waals surface area contributed by atoms with Gasteiger partial charge in [0.2, 0.25) is 5.78 Å². The van der Waals surface area contributed by atoms with Gasteiger partial charge in [0, 0.05) is 24.4 Å². The van der Waals surface area contributed by atoms with E-state index in [0.717, 1.165) is 11.3 Å². The highest BCUT2D eigenvalue weighted by Gasteiger charge is 2.25. The molecule has 2 aromatic heterocycles. The number of nitrogens with one attached hydrogen (secondary N) is 2. The Morgan fingerprint density at radius 2 is 1.62 bits per heavy atom. The number of rotatable bonds is 10. The number of carbonyl (C=O) groups excluding carboxylic acids is 3. The molecule has 0 aliphatic heterocycles. The lowest BCUT2D eigenvalue weighted by Gasteiger charge is -2.20. The van der Waals surface area contributed by atoms with Crippen LogP contribution in [0, 0.1) is 5.41 Å². The van der Waals surface area contributed by atoms with Gasteiger partial charge in [-0.2, -0.15) is 5.10 Å². The summed E-state index contributed by atoms with van der Waals surface area (Å²) in [4.78, 5) is 48.2. The molecule has 0 radical (unpaired) electrons. The standard InChI is InChI=1S/C30H31N5O4/c1-30(2,3)20-39-34-29(38)26(36)19-25(22-13-8-5-9-14-22)32-28(37)23-15-10-17-31-27(23)35-18-16-24(33-35)21-11-6-4-7-12-21/h4-18,25H,19-20H2,1-3H3,(H,32,37)(H,34,38). The summed E-state index contributed by atoms with van der Waals surface area (Å²) in [6.45, 7) is 6.08. The average molecular weight is 526 g/mol. The van der Waals surface area contributed by atoms with Crippen molar-refractivity contribution in [3.05, 3.63) is 102 Å². The van der Waals surface area contributed by atoms with Crippen LogP contribution in [0.3, 0.4) is 0 Å². The van der Waals surface area contributed by atoms with E-state index < -0.39 is 23.6 Å². The van der Waals surface area contributed by atoms with Gasteiger partial charge in [-0.25, -0.2) is 15.1 Å². The van der Waals surface area contributed by atoms with Crippen molar-refractivity contribution in [1.29, 1.82) is 0 Å². The van der Waals surface area contributed by atoms with Gasteiger partial charge in [-0.15, -0.1) is 0 Å². The van der Waals surface area contributed by atoms with E-state index in [1.807, 2.05) is 63.2 Å². The normalized spacial score (nSPS) is 12.0. The minimum absolute atomic E-state index is 0.186. The minimum Gasteiger partial charge on any atom is -0.345 e. The number of aromatic nitrogens is 3. The molecule has 0 aliphatic rings. The quantitative estimate of drug-likeness (QED) is 0.233. The third-order valence-corrected chi connectivity index (χ3v) is 5.73. The molecule has 4 rings (SSSR count). The number of benzene rings is 2. The van der Waals surface area contributed by atoms with Crippen LogP contribution in [0.1, 0.15) is 49.2 Å². The summed E-state index contributed by atoms with van der Waals surface area (Å²) in [6, 6.07) is 23.1. The van der Waals surface area contributed by atoms with Crippen molar-refractivity contribution in [2.75, 3.05) is 6.61 Å². The predicted molar refractivity (Wildman–Crippen MR) is 147 cm³/mol. The molecule has 2 amide bonds. The minimum atomic E-state index is -0.874. The molecule has 2 heterocycles. The van der Waals surface area contributed by atoms with E-state index in [1.165, 1.54) is 0 Å². The lowest BCUT2D eigenvalue weighted by Crippen LogP contribution is -2.37. The van der Waals surface area contributed by atoms with Crippen LogP contribution in [0.4, 0.5) is 0 Å². The SMILES string of the molecule is CC(C)(C)CONC(=O)C(=O)CC(NC(=O)c1cccnc1-n1ccc(-c2ccccc2)n1)c1ccccc1. The lowest BCUT2D eigenvalue weighted by molar-refractivity contribution is -0.147. The Labute approximate surface area is 227 Å². The molecule has 0 saturated heterocycles. The number of hydroxylamine groups is 1. The molecule has 0 bridgehead atoms. The van der Waals surface area contributed by atoms with Gasteiger partial charge in [0.1, 0.15) is 0 Å². The van der Waals surface area contributed by atoms with Crippen molar-refractivity contribution < 1.29 is 19.2 Å². The molecule has 0 spiro atoms. The molecular formula is C30H31N5O4. The van der Waals surface area contributed by atoms with Gasteiger partial charge in [0.15, 0.2) is 5.82 Å². The zero-order chi connectivity index (χ0) is 27.8. The van der Waals surface area contributed by atoms with Gasteiger partial charge in [-0.3, -0.25) is 19.2 Å². The third-order valence-electron chi connectivity index (χ3n) is 5.73. The van der Waals surface area contributed by atoms with Crippen LogP contribution >= 0.6 is 0 Å². The second kappa shape index (κ2) is 12.3. The summed E-state index contributed by atoms with van der Waals surface area (Å²) in [5.74, 6) is -1.71. The molecule has 0 saturated carbocycles. The number of Topliss-reactive ketones (excluding diaryl/α,β-unsaturated/α-hetero) is 1. The van der Waals surface area contributed by atoms with Crippen LogP contribution in [-0.2, 0) is 14.4 Å². The highest BCUT2D eigenvalue weighted by Crippen LogP contribution is 2.21. The third kappa shape index (κ3) is 7.45. The Bertz CT molecular complexity index is 1430. The first kappa shape index (κ1) is 27.4. The first-order valence-electron chi connectivity index (χ1n) is 12.6. The van der Waals surface area contributed by atoms with E-state index in [1.54, 1.807) is 53.5 Å². The van der Waals surface area contributed by atoms with Crippen molar-refractivity contribution in [3.8, 4) is 17.1 Å². The maximum atomic E-state index is 13.5.